The highest BCUT2D eigenvalue weighted by Crippen LogP contribution is 2.40. The summed E-state index contributed by atoms with van der Waals surface area (Å²) in [5, 5.41) is 0. The van der Waals surface area contributed by atoms with Crippen LogP contribution in [0.1, 0.15) is 53.4 Å². The van der Waals surface area contributed by atoms with Crippen molar-refractivity contribution >= 4 is 52.4 Å². The second kappa shape index (κ2) is 7.47. The van der Waals surface area contributed by atoms with Gasteiger partial charge in [0, 0.05) is 6.42 Å². The maximum absolute atomic E-state index is 12.4. The molecule has 1 aliphatic rings. The Morgan fingerprint density at radius 3 is 2.29 bits per heavy atom. The summed E-state index contributed by atoms with van der Waals surface area (Å²) < 4.78 is 4.12. The molecule has 21 heavy (non-hydrogen) atoms. The Labute approximate surface area is 147 Å². The van der Waals surface area contributed by atoms with Crippen molar-refractivity contribution in [2.75, 3.05) is 0 Å². The summed E-state index contributed by atoms with van der Waals surface area (Å²) in [7, 11) is 0. The van der Waals surface area contributed by atoms with Crippen LogP contribution < -0.4 is 0 Å². The minimum atomic E-state index is -1.58. The SMILES string of the molecule is CC(C)[C@@H]1CC[C@@H](C)C[C@H]1OC(=O)C(C)(Cl)CC(Cl)(Cl)Cl. The second-order valence-corrected chi connectivity index (χ2v) is 10.1. The molecule has 2 nitrogen and oxygen atoms in total. The van der Waals surface area contributed by atoms with Crippen LogP contribution in [0.3, 0.4) is 0 Å². The molecule has 0 aliphatic heterocycles. The van der Waals surface area contributed by atoms with E-state index < -0.39 is 14.6 Å². The lowest BCUT2D eigenvalue weighted by Crippen LogP contribution is -2.42. The molecule has 0 radical (unpaired) electrons. The summed E-state index contributed by atoms with van der Waals surface area (Å²) >= 11 is 23.5. The molecule has 0 aromatic rings. The van der Waals surface area contributed by atoms with Gasteiger partial charge in [0.25, 0.3) is 0 Å². The predicted octanol–water partition coefficient (Wildman–Crippen LogP) is 5.75. The lowest BCUT2D eigenvalue weighted by Gasteiger charge is -2.38. The van der Waals surface area contributed by atoms with Crippen LogP contribution in [0.4, 0.5) is 0 Å². The summed E-state index contributed by atoms with van der Waals surface area (Å²) in [4.78, 5) is 11.0. The van der Waals surface area contributed by atoms with Crippen molar-refractivity contribution in [2.24, 2.45) is 17.8 Å². The van der Waals surface area contributed by atoms with E-state index in [2.05, 4.69) is 20.8 Å². The van der Waals surface area contributed by atoms with Crippen LogP contribution in [0.2, 0.25) is 0 Å². The largest absolute Gasteiger partial charge is 0.461 e. The first kappa shape index (κ1) is 19.7. The number of halogens is 4. The molecule has 0 heterocycles. The highest BCUT2D eigenvalue weighted by molar-refractivity contribution is 6.67. The van der Waals surface area contributed by atoms with Crippen molar-refractivity contribution in [3.63, 3.8) is 0 Å². The highest BCUT2D eigenvalue weighted by atomic mass is 35.6. The molecule has 0 amide bonds. The fraction of sp³-hybridized carbons (Fsp3) is 0.933. The number of rotatable bonds is 4. The van der Waals surface area contributed by atoms with Gasteiger partial charge in [-0.05, 0) is 37.5 Å². The molecule has 0 bridgehead atoms. The van der Waals surface area contributed by atoms with E-state index in [4.69, 9.17) is 51.1 Å². The van der Waals surface area contributed by atoms with E-state index in [-0.39, 0.29) is 12.5 Å². The van der Waals surface area contributed by atoms with Gasteiger partial charge < -0.3 is 4.74 Å². The van der Waals surface area contributed by atoms with Gasteiger partial charge in [0.2, 0.25) is 0 Å². The van der Waals surface area contributed by atoms with Crippen molar-refractivity contribution in [2.45, 2.75) is 68.1 Å². The minimum Gasteiger partial charge on any atom is -0.461 e. The Bertz CT molecular complexity index is 363. The van der Waals surface area contributed by atoms with E-state index in [1.807, 2.05) is 0 Å². The molecule has 0 spiro atoms. The maximum Gasteiger partial charge on any atom is 0.327 e. The van der Waals surface area contributed by atoms with Gasteiger partial charge in [-0.25, -0.2) is 0 Å². The molecule has 0 aromatic heterocycles. The molecule has 1 unspecified atom stereocenters. The minimum absolute atomic E-state index is 0.0837. The van der Waals surface area contributed by atoms with E-state index in [0.717, 1.165) is 12.8 Å². The van der Waals surface area contributed by atoms with Gasteiger partial charge in [-0.2, -0.15) is 0 Å². The molecule has 1 fully saturated rings. The first-order valence-electron chi connectivity index (χ1n) is 7.39. The second-order valence-electron chi connectivity index (χ2n) is 6.76. The summed E-state index contributed by atoms with van der Waals surface area (Å²) in [6.07, 6.45) is 2.92. The van der Waals surface area contributed by atoms with Crippen LogP contribution >= 0.6 is 46.4 Å². The van der Waals surface area contributed by atoms with Crippen LogP contribution in [-0.4, -0.2) is 20.7 Å². The molecule has 6 heteroatoms. The Balaban J connectivity index is 2.74. The zero-order valence-corrected chi connectivity index (χ0v) is 16.0. The standard InChI is InChI=1S/C15H24Cl4O2/c1-9(2)11-6-5-10(3)7-12(11)21-13(20)14(4,16)8-15(17,18)19/h9-12H,5-8H2,1-4H3/t10-,11+,12-,14?/m1/s1. The van der Waals surface area contributed by atoms with E-state index in [1.165, 1.54) is 13.3 Å². The molecule has 1 rings (SSSR count). The topological polar surface area (TPSA) is 26.3 Å². The van der Waals surface area contributed by atoms with Crippen LogP contribution in [0.25, 0.3) is 0 Å². The summed E-state index contributed by atoms with van der Waals surface area (Å²) in [6, 6.07) is 0. The normalized spacial score (nSPS) is 30.0. The van der Waals surface area contributed by atoms with E-state index in [0.29, 0.717) is 17.8 Å². The average Bonchev–Trinajstić information content (AvgIpc) is 2.25. The van der Waals surface area contributed by atoms with Crippen LogP contribution in [-0.2, 0) is 9.53 Å². The van der Waals surface area contributed by atoms with Crippen LogP contribution in [0.5, 0.6) is 0 Å². The Kier molecular flexibility index (Phi) is 7.00. The quantitative estimate of drug-likeness (QED) is 0.460. The molecule has 124 valence electrons. The molecule has 0 N–H and O–H groups in total. The molecule has 0 aromatic carbocycles. The van der Waals surface area contributed by atoms with Gasteiger partial charge in [-0.3, -0.25) is 4.79 Å². The molecule has 1 saturated carbocycles. The third kappa shape index (κ3) is 6.33. The van der Waals surface area contributed by atoms with Crippen molar-refractivity contribution in [3.8, 4) is 0 Å². The maximum atomic E-state index is 12.4. The molecule has 1 aliphatic carbocycles. The average molecular weight is 378 g/mol. The number of carbonyl (C=O) groups excluding carboxylic acids is 1. The zero-order valence-electron chi connectivity index (χ0n) is 13.0. The van der Waals surface area contributed by atoms with Crippen molar-refractivity contribution in [1.82, 2.24) is 0 Å². The van der Waals surface area contributed by atoms with Gasteiger partial charge in [0.1, 0.15) is 11.0 Å². The molecule has 0 saturated heterocycles. The zero-order chi connectivity index (χ0) is 16.4. The Morgan fingerprint density at radius 1 is 1.24 bits per heavy atom. The fourth-order valence-electron chi connectivity index (χ4n) is 2.96. The van der Waals surface area contributed by atoms with Gasteiger partial charge in [-0.1, -0.05) is 62.0 Å². The van der Waals surface area contributed by atoms with Gasteiger partial charge >= 0.3 is 5.97 Å². The van der Waals surface area contributed by atoms with E-state index >= 15 is 0 Å². The third-order valence-electron chi connectivity index (χ3n) is 4.18. The van der Waals surface area contributed by atoms with Crippen molar-refractivity contribution in [1.29, 1.82) is 0 Å². The Hall–Kier alpha value is 0.630. The van der Waals surface area contributed by atoms with Crippen LogP contribution in [0, 0.1) is 17.8 Å². The smallest absolute Gasteiger partial charge is 0.327 e. The predicted molar refractivity (Wildman–Crippen MR) is 90.4 cm³/mol. The highest BCUT2D eigenvalue weighted by Gasteiger charge is 2.43. The Morgan fingerprint density at radius 2 is 1.81 bits per heavy atom. The monoisotopic (exact) mass is 376 g/mol. The summed E-state index contributed by atoms with van der Waals surface area (Å²) in [5.41, 5.74) is 0. The number of ether oxygens (including phenoxy) is 1. The molecular weight excluding hydrogens is 354 g/mol. The number of hydrogen-bond acceptors (Lipinski definition) is 2. The van der Waals surface area contributed by atoms with Crippen molar-refractivity contribution < 1.29 is 9.53 Å². The van der Waals surface area contributed by atoms with E-state index in [1.54, 1.807) is 0 Å². The van der Waals surface area contributed by atoms with Crippen LogP contribution in [0.15, 0.2) is 0 Å². The number of carbonyl (C=O) groups is 1. The fourth-order valence-corrected chi connectivity index (χ4v) is 4.21. The van der Waals surface area contributed by atoms with Crippen molar-refractivity contribution in [3.05, 3.63) is 0 Å². The lowest BCUT2D eigenvalue weighted by atomic mass is 9.75. The number of hydrogen-bond donors (Lipinski definition) is 0. The van der Waals surface area contributed by atoms with Gasteiger partial charge in [0.05, 0.1) is 0 Å². The molecule has 4 atom stereocenters. The number of esters is 1. The number of alkyl halides is 4. The van der Waals surface area contributed by atoms with Gasteiger partial charge in [0.15, 0.2) is 3.79 Å². The summed E-state index contributed by atoms with van der Waals surface area (Å²) in [5.74, 6) is 0.878. The van der Waals surface area contributed by atoms with E-state index in [9.17, 15) is 4.79 Å². The third-order valence-corrected chi connectivity index (χ3v) is 4.87. The van der Waals surface area contributed by atoms with Gasteiger partial charge in [-0.15, -0.1) is 11.6 Å². The summed E-state index contributed by atoms with van der Waals surface area (Å²) in [6.45, 7) is 8.03. The first-order chi connectivity index (χ1) is 9.42. The first-order valence-corrected chi connectivity index (χ1v) is 8.90. The lowest BCUT2D eigenvalue weighted by molar-refractivity contribution is -0.159. The molecular formula is C15H24Cl4O2.